The molecule has 0 aromatic heterocycles. The average Bonchev–Trinajstić information content (AvgIpc) is 2.87. The van der Waals surface area contributed by atoms with Crippen LogP contribution < -0.4 is 20.1 Å². The van der Waals surface area contributed by atoms with E-state index in [-0.39, 0.29) is 12.2 Å². The number of hydrogen-bond acceptors (Lipinski definition) is 5. The number of amides is 2. The summed E-state index contributed by atoms with van der Waals surface area (Å²) >= 11 is 0. The molecule has 0 fully saturated rings. The van der Waals surface area contributed by atoms with Gasteiger partial charge in [-0.25, -0.2) is 0 Å². The van der Waals surface area contributed by atoms with E-state index in [1.165, 1.54) is 14.2 Å². The molecule has 0 aliphatic carbocycles. The molecule has 35 heavy (non-hydrogen) atoms. The molecular formula is C28H28N2O5. The van der Waals surface area contributed by atoms with Gasteiger partial charge in [0.05, 0.1) is 14.2 Å². The van der Waals surface area contributed by atoms with Crippen LogP contribution >= 0.6 is 0 Å². The minimum Gasteiger partial charge on any atom is -0.493 e. The Morgan fingerprint density at radius 2 is 1.71 bits per heavy atom. The van der Waals surface area contributed by atoms with Crippen LogP contribution in [0.5, 0.6) is 11.5 Å². The lowest BCUT2D eigenvalue weighted by Gasteiger charge is -2.25. The van der Waals surface area contributed by atoms with Gasteiger partial charge in [-0.1, -0.05) is 42.5 Å². The van der Waals surface area contributed by atoms with E-state index in [0.29, 0.717) is 41.3 Å². The number of Topliss-reactive ketones (excluding diaryl/α,β-unsaturated/α-hetero) is 1. The van der Waals surface area contributed by atoms with E-state index < -0.39 is 17.7 Å². The number of carbonyl (C=O) groups excluding carboxylic acids is 3. The smallest absolute Gasteiger partial charge is 0.237 e. The zero-order valence-corrected chi connectivity index (χ0v) is 20.0. The molecule has 7 nitrogen and oxygen atoms in total. The molecule has 2 N–H and O–H groups in total. The molecule has 4 rings (SSSR count). The quantitative estimate of drug-likeness (QED) is 0.370. The van der Waals surface area contributed by atoms with Gasteiger partial charge in [0.25, 0.3) is 0 Å². The van der Waals surface area contributed by atoms with Crippen molar-refractivity contribution < 1.29 is 23.9 Å². The number of anilines is 2. The molecule has 0 spiro atoms. The number of hydrogen-bond donors (Lipinski definition) is 2. The third-order valence-corrected chi connectivity index (χ3v) is 6.23. The first-order valence-corrected chi connectivity index (χ1v) is 11.4. The van der Waals surface area contributed by atoms with Crippen molar-refractivity contribution in [3.05, 3.63) is 82.9 Å². The van der Waals surface area contributed by atoms with Gasteiger partial charge >= 0.3 is 0 Å². The summed E-state index contributed by atoms with van der Waals surface area (Å²) in [5.74, 6) is -0.722. The van der Waals surface area contributed by atoms with Crippen LogP contribution in [0.2, 0.25) is 0 Å². The van der Waals surface area contributed by atoms with Crippen LogP contribution in [0.3, 0.4) is 0 Å². The minimum atomic E-state index is -0.919. The van der Waals surface area contributed by atoms with Gasteiger partial charge in [0.1, 0.15) is 5.92 Å². The van der Waals surface area contributed by atoms with E-state index in [4.69, 9.17) is 9.47 Å². The van der Waals surface area contributed by atoms with Gasteiger partial charge in [0, 0.05) is 29.4 Å². The number of benzene rings is 3. The van der Waals surface area contributed by atoms with Crippen molar-refractivity contribution in [1.29, 1.82) is 0 Å². The number of ether oxygens (including phenoxy) is 2. The summed E-state index contributed by atoms with van der Waals surface area (Å²) in [6, 6.07) is 18.5. The molecule has 1 aliphatic heterocycles. The largest absolute Gasteiger partial charge is 0.493 e. The molecule has 2 amide bonds. The van der Waals surface area contributed by atoms with Crippen LogP contribution in [-0.2, 0) is 22.4 Å². The van der Waals surface area contributed by atoms with Crippen molar-refractivity contribution in [2.75, 3.05) is 24.9 Å². The summed E-state index contributed by atoms with van der Waals surface area (Å²) in [7, 11) is 3.06. The number of rotatable bonds is 8. The first-order chi connectivity index (χ1) is 16.9. The Hall–Kier alpha value is -4.13. The van der Waals surface area contributed by atoms with Crippen molar-refractivity contribution >= 4 is 29.0 Å². The highest BCUT2D eigenvalue weighted by Gasteiger charge is 2.33. The zero-order chi connectivity index (χ0) is 24.9. The number of carbonyl (C=O) groups is 3. The van der Waals surface area contributed by atoms with Crippen molar-refractivity contribution in [3.8, 4) is 11.5 Å². The van der Waals surface area contributed by atoms with Crippen LogP contribution in [0.15, 0.2) is 60.7 Å². The molecular weight excluding hydrogens is 444 g/mol. The Labute approximate surface area is 204 Å². The maximum Gasteiger partial charge on any atom is 0.237 e. The highest BCUT2D eigenvalue weighted by Crippen LogP contribution is 2.37. The van der Waals surface area contributed by atoms with E-state index in [1.807, 2.05) is 37.3 Å². The summed E-state index contributed by atoms with van der Waals surface area (Å²) in [4.78, 5) is 38.6. The third-order valence-electron chi connectivity index (χ3n) is 6.23. The maximum absolute atomic E-state index is 13.1. The molecule has 1 heterocycles. The van der Waals surface area contributed by atoms with E-state index in [9.17, 15) is 14.4 Å². The van der Waals surface area contributed by atoms with E-state index >= 15 is 0 Å². The molecule has 1 atom stereocenters. The number of methoxy groups -OCH3 is 2. The van der Waals surface area contributed by atoms with Crippen molar-refractivity contribution in [2.45, 2.75) is 26.2 Å². The predicted octanol–water partition coefficient (Wildman–Crippen LogP) is 4.58. The monoisotopic (exact) mass is 472 g/mol. The molecule has 3 aromatic carbocycles. The van der Waals surface area contributed by atoms with E-state index in [0.717, 1.165) is 16.7 Å². The lowest BCUT2D eigenvalue weighted by Crippen LogP contribution is -2.38. The van der Waals surface area contributed by atoms with Crippen molar-refractivity contribution in [2.24, 2.45) is 5.92 Å². The Bertz CT molecular complexity index is 1270. The molecule has 1 aliphatic rings. The Morgan fingerprint density at radius 1 is 1.00 bits per heavy atom. The van der Waals surface area contributed by atoms with Crippen LogP contribution in [-0.4, -0.2) is 31.8 Å². The van der Waals surface area contributed by atoms with Gasteiger partial charge in [0.15, 0.2) is 17.3 Å². The number of nitrogens with one attached hydrogen (secondary N) is 2. The summed E-state index contributed by atoms with van der Waals surface area (Å²) in [6.45, 7) is 1.85. The SMILES string of the molecule is COc1cc2c(cc1OC)NC(=O)C(C(=O)Nc1cc(C(=O)CCc3ccccc3)ccc1C)C2. The number of ketones is 1. The van der Waals surface area contributed by atoms with Gasteiger partial charge < -0.3 is 20.1 Å². The highest BCUT2D eigenvalue weighted by atomic mass is 16.5. The molecule has 0 radical (unpaired) electrons. The summed E-state index contributed by atoms with van der Waals surface area (Å²) in [5.41, 5.74) is 4.33. The Kier molecular flexibility index (Phi) is 7.15. The molecule has 0 saturated carbocycles. The molecule has 3 aromatic rings. The third kappa shape index (κ3) is 5.35. The summed E-state index contributed by atoms with van der Waals surface area (Å²) in [6.07, 6.45) is 1.24. The Morgan fingerprint density at radius 3 is 2.43 bits per heavy atom. The van der Waals surface area contributed by atoms with Crippen molar-refractivity contribution in [3.63, 3.8) is 0 Å². The molecule has 1 unspecified atom stereocenters. The van der Waals surface area contributed by atoms with Crippen LogP contribution in [0.1, 0.15) is 33.5 Å². The van der Waals surface area contributed by atoms with Gasteiger partial charge in [-0.2, -0.15) is 0 Å². The normalized spacial score (nSPS) is 14.5. The fourth-order valence-corrected chi connectivity index (χ4v) is 4.15. The number of aryl methyl sites for hydroxylation is 2. The second-order valence-electron chi connectivity index (χ2n) is 8.54. The summed E-state index contributed by atoms with van der Waals surface area (Å²) < 4.78 is 10.6. The van der Waals surface area contributed by atoms with Gasteiger partial charge in [-0.05, 0) is 48.6 Å². The average molecular weight is 473 g/mol. The fourth-order valence-electron chi connectivity index (χ4n) is 4.15. The zero-order valence-electron chi connectivity index (χ0n) is 20.0. The minimum absolute atomic E-state index is 0.00488. The standard InChI is InChI=1S/C28H28N2O5/c1-17-9-11-19(24(31)12-10-18-7-5-4-6-8-18)14-22(17)29-27(32)21-13-20-15-25(34-2)26(35-3)16-23(20)30-28(21)33/h4-9,11,14-16,21H,10,12-13H2,1-3H3,(H,29,32)(H,30,33). The van der Waals surface area contributed by atoms with Crippen molar-refractivity contribution in [1.82, 2.24) is 0 Å². The first kappa shape index (κ1) is 24.0. The highest BCUT2D eigenvalue weighted by molar-refractivity contribution is 6.13. The first-order valence-electron chi connectivity index (χ1n) is 11.4. The topological polar surface area (TPSA) is 93.7 Å². The number of fused-ring (bicyclic) bond motifs is 1. The van der Waals surface area contributed by atoms with Gasteiger partial charge in [0.2, 0.25) is 11.8 Å². The second-order valence-corrected chi connectivity index (χ2v) is 8.54. The molecule has 0 bridgehead atoms. The van der Waals surface area contributed by atoms with Crippen LogP contribution in [0, 0.1) is 12.8 Å². The molecule has 180 valence electrons. The van der Waals surface area contributed by atoms with E-state index in [2.05, 4.69) is 10.6 Å². The fraction of sp³-hybridized carbons (Fsp3) is 0.250. The van der Waals surface area contributed by atoms with Gasteiger partial charge in [-0.15, -0.1) is 0 Å². The van der Waals surface area contributed by atoms with Crippen LogP contribution in [0.25, 0.3) is 0 Å². The van der Waals surface area contributed by atoms with E-state index in [1.54, 1.807) is 30.3 Å². The lowest BCUT2D eigenvalue weighted by atomic mass is 9.91. The molecule has 7 heteroatoms. The maximum atomic E-state index is 13.1. The lowest BCUT2D eigenvalue weighted by molar-refractivity contribution is -0.129. The Balaban J connectivity index is 1.47. The predicted molar refractivity (Wildman–Crippen MR) is 134 cm³/mol. The van der Waals surface area contributed by atoms with Gasteiger partial charge in [-0.3, -0.25) is 14.4 Å². The summed E-state index contributed by atoms with van der Waals surface area (Å²) in [5, 5.41) is 5.64. The molecule has 0 saturated heterocycles. The second kappa shape index (κ2) is 10.4. The van der Waals surface area contributed by atoms with Crippen LogP contribution in [0.4, 0.5) is 11.4 Å².